The highest BCUT2D eigenvalue weighted by molar-refractivity contribution is 7.10. The minimum atomic E-state index is -0.0550. The molecule has 1 aromatic carbocycles. The van der Waals surface area contributed by atoms with Crippen LogP contribution in [0.5, 0.6) is 0 Å². The van der Waals surface area contributed by atoms with Crippen LogP contribution in [-0.2, 0) is 0 Å². The summed E-state index contributed by atoms with van der Waals surface area (Å²) in [6.45, 7) is 0. The molecule has 0 saturated carbocycles. The van der Waals surface area contributed by atoms with Crippen molar-refractivity contribution >= 4 is 23.4 Å². The Morgan fingerprint density at radius 3 is 2.78 bits per heavy atom. The molecule has 1 aromatic heterocycles. The first-order valence-electron chi connectivity index (χ1n) is 5.79. The van der Waals surface area contributed by atoms with E-state index in [2.05, 4.69) is 11.2 Å². The fourth-order valence-electron chi connectivity index (χ4n) is 2.02. The van der Waals surface area contributed by atoms with Crippen molar-refractivity contribution in [2.45, 2.75) is 12.5 Å². The van der Waals surface area contributed by atoms with Gasteiger partial charge in [0.05, 0.1) is 11.3 Å². The van der Waals surface area contributed by atoms with Crippen molar-refractivity contribution in [3.63, 3.8) is 0 Å². The molecule has 3 rings (SSSR count). The van der Waals surface area contributed by atoms with Crippen LogP contribution >= 0.6 is 11.3 Å². The van der Waals surface area contributed by atoms with Gasteiger partial charge in [0.2, 0.25) is 12.3 Å². The van der Waals surface area contributed by atoms with Gasteiger partial charge in [-0.15, -0.1) is 11.3 Å². The number of hydrogen-bond donors (Lipinski definition) is 0. The van der Waals surface area contributed by atoms with Crippen molar-refractivity contribution in [2.75, 3.05) is 0 Å². The SMILES string of the molecule is [O-]C1=N/[N+](=C\c2ccccc2)[C@H](c2cccs2)C1. The van der Waals surface area contributed by atoms with Gasteiger partial charge in [-0.05, 0) is 28.7 Å². The second-order valence-electron chi connectivity index (χ2n) is 4.15. The molecule has 0 unspecified atom stereocenters. The molecule has 0 saturated heterocycles. The monoisotopic (exact) mass is 256 g/mol. The van der Waals surface area contributed by atoms with Gasteiger partial charge < -0.3 is 5.11 Å². The van der Waals surface area contributed by atoms with Crippen molar-refractivity contribution in [3.05, 3.63) is 58.3 Å². The highest BCUT2D eigenvalue weighted by Gasteiger charge is 2.30. The quantitative estimate of drug-likeness (QED) is 0.757. The van der Waals surface area contributed by atoms with Gasteiger partial charge in [0.15, 0.2) is 0 Å². The normalized spacial score (nSPS) is 21.2. The summed E-state index contributed by atoms with van der Waals surface area (Å²) in [6, 6.07) is 14.0. The second-order valence-corrected chi connectivity index (χ2v) is 5.13. The second kappa shape index (κ2) is 4.74. The van der Waals surface area contributed by atoms with Crippen molar-refractivity contribution in [1.29, 1.82) is 0 Å². The minimum absolute atomic E-state index is 0.0534. The van der Waals surface area contributed by atoms with E-state index in [0.29, 0.717) is 6.42 Å². The summed E-state index contributed by atoms with van der Waals surface area (Å²) in [5, 5.41) is 17.6. The summed E-state index contributed by atoms with van der Waals surface area (Å²) in [5.41, 5.74) is 1.05. The smallest absolute Gasteiger partial charge is 0.222 e. The zero-order chi connectivity index (χ0) is 12.4. The largest absolute Gasteiger partial charge is 0.857 e. The molecule has 90 valence electrons. The molecule has 0 amide bonds. The van der Waals surface area contributed by atoms with E-state index < -0.39 is 0 Å². The Labute approximate surface area is 109 Å². The molecule has 1 aliphatic heterocycles. The molecule has 18 heavy (non-hydrogen) atoms. The molecule has 2 heterocycles. The number of hydrazone groups is 1. The number of nitrogens with zero attached hydrogens (tertiary/aromatic N) is 2. The maximum absolute atomic E-state index is 11.5. The summed E-state index contributed by atoms with van der Waals surface area (Å²) in [4.78, 5) is 1.18. The molecule has 1 atom stereocenters. The molecular formula is C14H12N2OS. The third kappa shape index (κ3) is 2.19. The summed E-state index contributed by atoms with van der Waals surface area (Å²) in [5.74, 6) is -0.0550. The van der Waals surface area contributed by atoms with Crippen LogP contribution in [-0.4, -0.2) is 16.8 Å². The standard InChI is InChI=1S/C14H12N2OS/c17-14-9-12(13-7-4-8-18-13)16(15-14)10-11-5-2-1-3-6-11/h1-8,10,12H,9H2/b16-10-/t12-/m0/s1. The van der Waals surface area contributed by atoms with E-state index in [1.54, 1.807) is 16.0 Å². The van der Waals surface area contributed by atoms with Crippen LogP contribution in [0.15, 0.2) is 52.9 Å². The highest BCUT2D eigenvalue weighted by atomic mass is 32.1. The van der Waals surface area contributed by atoms with Crippen LogP contribution in [0.3, 0.4) is 0 Å². The van der Waals surface area contributed by atoms with Crippen molar-refractivity contribution < 1.29 is 9.79 Å². The third-order valence-electron chi connectivity index (χ3n) is 2.87. The van der Waals surface area contributed by atoms with Crippen molar-refractivity contribution in [1.82, 2.24) is 0 Å². The molecule has 0 spiro atoms. The lowest BCUT2D eigenvalue weighted by Gasteiger charge is -2.02. The summed E-state index contributed by atoms with van der Waals surface area (Å²) in [7, 11) is 0. The van der Waals surface area contributed by atoms with Crippen LogP contribution in [0.1, 0.15) is 22.9 Å². The molecule has 0 N–H and O–H groups in total. The average molecular weight is 256 g/mol. The van der Waals surface area contributed by atoms with Gasteiger partial charge in [-0.3, -0.25) is 0 Å². The number of benzene rings is 1. The Morgan fingerprint density at radius 2 is 2.06 bits per heavy atom. The Balaban J connectivity index is 1.96. The Morgan fingerprint density at radius 1 is 1.22 bits per heavy atom. The van der Waals surface area contributed by atoms with E-state index in [1.807, 2.05) is 48.0 Å². The summed E-state index contributed by atoms with van der Waals surface area (Å²) < 4.78 is 1.78. The van der Waals surface area contributed by atoms with E-state index >= 15 is 0 Å². The molecule has 0 fully saturated rings. The van der Waals surface area contributed by atoms with E-state index in [9.17, 15) is 5.11 Å². The predicted molar refractivity (Wildman–Crippen MR) is 71.0 cm³/mol. The van der Waals surface area contributed by atoms with Crippen LogP contribution < -0.4 is 5.11 Å². The lowest BCUT2D eigenvalue weighted by atomic mass is 10.2. The van der Waals surface area contributed by atoms with Gasteiger partial charge in [-0.25, -0.2) is 0 Å². The Bertz CT molecular complexity index is 588. The zero-order valence-electron chi connectivity index (χ0n) is 9.69. The van der Waals surface area contributed by atoms with Gasteiger partial charge in [0.1, 0.15) is 0 Å². The predicted octanol–water partition coefficient (Wildman–Crippen LogP) is 2.00. The average Bonchev–Trinajstić information content (AvgIpc) is 3.00. The first-order chi connectivity index (χ1) is 8.83. The lowest BCUT2D eigenvalue weighted by Crippen LogP contribution is -2.14. The minimum Gasteiger partial charge on any atom is -0.857 e. The Kier molecular flexibility index (Phi) is 2.94. The number of hydrogen-bond acceptors (Lipinski definition) is 3. The van der Waals surface area contributed by atoms with Crippen molar-refractivity contribution in [3.8, 4) is 0 Å². The maximum atomic E-state index is 11.5. The third-order valence-corrected chi connectivity index (χ3v) is 3.84. The number of rotatable bonds is 2. The zero-order valence-corrected chi connectivity index (χ0v) is 10.5. The van der Waals surface area contributed by atoms with Gasteiger partial charge in [-0.1, -0.05) is 28.9 Å². The molecule has 0 aliphatic carbocycles. The molecule has 3 nitrogen and oxygen atoms in total. The molecule has 2 aromatic rings. The summed E-state index contributed by atoms with van der Waals surface area (Å²) in [6.07, 6.45) is 2.39. The fraction of sp³-hybridized carbons (Fsp3) is 0.143. The molecule has 4 heteroatoms. The topological polar surface area (TPSA) is 38.4 Å². The first kappa shape index (κ1) is 11.2. The van der Waals surface area contributed by atoms with Gasteiger partial charge in [0.25, 0.3) is 0 Å². The Hall–Kier alpha value is -1.94. The highest BCUT2D eigenvalue weighted by Crippen LogP contribution is 2.29. The molecular weight excluding hydrogens is 244 g/mol. The van der Waals surface area contributed by atoms with E-state index in [4.69, 9.17) is 0 Å². The molecule has 0 bridgehead atoms. The van der Waals surface area contributed by atoms with Crippen LogP contribution in [0.25, 0.3) is 0 Å². The lowest BCUT2D eigenvalue weighted by molar-refractivity contribution is -0.563. The van der Waals surface area contributed by atoms with Crippen LogP contribution in [0, 0.1) is 0 Å². The van der Waals surface area contributed by atoms with Gasteiger partial charge in [-0.2, -0.15) is 0 Å². The van der Waals surface area contributed by atoms with Gasteiger partial charge >= 0.3 is 0 Å². The van der Waals surface area contributed by atoms with Gasteiger partial charge in [0, 0.05) is 11.5 Å². The van der Waals surface area contributed by atoms with Crippen LogP contribution in [0.4, 0.5) is 0 Å². The number of thiophene rings is 1. The molecule has 0 radical (unpaired) electrons. The van der Waals surface area contributed by atoms with Crippen LogP contribution in [0.2, 0.25) is 0 Å². The first-order valence-corrected chi connectivity index (χ1v) is 6.67. The summed E-state index contributed by atoms with van der Waals surface area (Å²) >= 11 is 1.66. The maximum Gasteiger partial charge on any atom is 0.222 e. The van der Waals surface area contributed by atoms with E-state index in [0.717, 1.165) is 5.56 Å². The van der Waals surface area contributed by atoms with E-state index in [-0.39, 0.29) is 11.9 Å². The fourth-order valence-corrected chi connectivity index (χ4v) is 2.84. The van der Waals surface area contributed by atoms with E-state index in [1.165, 1.54) is 4.88 Å². The molecule has 1 aliphatic rings. The van der Waals surface area contributed by atoms with Crippen molar-refractivity contribution in [2.24, 2.45) is 5.10 Å².